The van der Waals surface area contributed by atoms with Gasteiger partial charge in [-0.15, -0.1) is 12.4 Å². The van der Waals surface area contributed by atoms with Crippen molar-refractivity contribution in [2.75, 3.05) is 26.2 Å². The van der Waals surface area contributed by atoms with Gasteiger partial charge in [0.1, 0.15) is 0 Å². The number of likely N-dealkylation sites (tertiary alicyclic amines) is 1. The van der Waals surface area contributed by atoms with E-state index in [1.807, 2.05) is 0 Å². The van der Waals surface area contributed by atoms with Gasteiger partial charge >= 0.3 is 0 Å². The number of carbonyl (C=O) groups is 1. The minimum Gasteiger partial charge on any atom is -0.334 e. The van der Waals surface area contributed by atoms with Crippen molar-refractivity contribution in [2.24, 2.45) is 0 Å². The molecule has 0 aliphatic carbocycles. The monoisotopic (exact) mass is 420 g/mol. The fourth-order valence-corrected chi connectivity index (χ4v) is 5.07. The van der Waals surface area contributed by atoms with Crippen LogP contribution in [0.5, 0.6) is 0 Å². The molecule has 3 nitrogen and oxygen atoms in total. The Morgan fingerprint density at radius 2 is 1.60 bits per heavy atom. The van der Waals surface area contributed by atoms with E-state index in [-0.39, 0.29) is 24.4 Å². The molecule has 2 aliphatic rings. The van der Waals surface area contributed by atoms with Gasteiger partial charge in [0.15, 0.2) is 0 Å². The maximum Gasteiger partial charge on any atom is 0.227 e. The van der Waals surface area contributed by atoms with E-state index in [2.05, 4.69) is 76.5 Å². The third-order valence-electron chi connectivity index (χ3n) is 6.58. The highest BCUT2D eigenvalue weighted by Crippen LogP contribution is 2.32. The molecule has 30 heavy (non-hydrogen) atoms. The quantitative estimate of drug-likeness (QED) is 0.591. The molecular formula is C26H29ClN2O. The number of hydrogen-bond acceptors (Lipinski definition) is 2. The summed E-state index contributed by atoms with van der Waals surface area (Å²) in [5, 5.41) is 2.40. The number of amides is 1. The van der Waals surface area contributed by atoms with E-state index < -0.39 is 0 Å². The highest BCUT2D eigenvalue weighted by molar-refractivity contribution is 5.90. The van der Waals surface area contributed by atoms with Gasteiger partial charge in [-0.3, -0.25) is 4.79 Å². The molecule has 3 aromatic rings. The summed E-state index contributed by atoms with van der Waals surface area (Å²) < 4.78 is 0. The zero-order valence-electron chi connectivity index (χ0n) is 17.3. The Kier molecular flexibility index (Phi) is 6.40. The molecule has 4 heteroatoms. The van der Waals surface area contributed by atoms with Crippen LogP contribution in [0, 0.1) is 0 Å². The van der Waals surface area contributed by atoms with Gasteiger partial charge in [0.05, 0.1) is 12.5 Å². The molecule has 0 spiro atoms. The molecule has 3 aromatic carbocycles. The number of fused-ring (bicyclic) bond motifs is 2. The van der Waals surface area contributed by atoms with Crippen LogP contribution < -0.4 is 0 Å². The normalized spacial score (nSPS) is 18.8. The van der Waals surface area contributed by atoms with Crippen LogP contribution in [0.2, 0.25) is 0 Å². The van der Waals surface area contributed by atoms with E-state index in [1.54, 1.807) is 0 Å². The zero-order chi connectivity index (χ0) is 19.6. The molecule has 0 radical (unpaired) electrons. The van der Waals surface area contributed by atoms with Crippen molar-refractivity contribution >= 4 is 29.1 Å². The van der Waals surface area contributed by atoms with Crippen LogP contribution in [0.4, 0.5) is 0 Å². The number of carbonyl (C=O) groups excluding carboxylic acids is 1. The van der Waals surface area contributed by atoms with Gasteiger partial charge in [0.2, 0.25) is 5.91 Å². The second kappa shape index (κ2) is 9.20. The van der Waals surface area contributed by atoms with E-state index in [9.17, 15) is 4.79 Å². The fourth-order valence-electron chi connectivity index (χ4n) is 5.07. The first-order chi connectivity index (χ1) is 14.3. The van der Waals surface area contributed by atoms with E-state index in [0.717, 1.165) is 38.2 Å². The molecule has 0 saturated carbocycles. The van der Waals surface area contributed by atoms with Crippen molar-refractivity contribution in [1.82, 2.24) is 9.80 Å². The van der Waals surface area contributed by atoms with Gasteiger partial charge in [-0.25, -0.2) is 0 Å². The Hall–Kier alpha value is -2.36. The van der Waals surface area contributed by atoms with Crippen molar-refractivity contribution in [3.8, 4) is 0 Å². The molecule has 1 amide bonds. The summed E-state index contributed by atoms with van der Waals surface area (Å²) in [4.78, 5) is 18.2. The first kappa shape index (κ1) is 20.9. The van der Waals surface area contributed by atoms with Crippen LogP contribution in [-0.2, 0) is 17.6 Å². The number of nitrogens with zero attached hydrogens (tertiary/aromatic N) is 2. The Labute approximate surface area is 185 Å². The summed E-state index contributed by atoms with van der Waals surface area (Å²) in [7, 11) is 0. The van der Waals surface area contributed by atoms with E-state index in [4.69, 9.17) is 0 Å². The van der Waals surface area contributed by atoms with Crippen LogP contribution in [0.15, 0.2) is 66.7 Å². The molecule has 1 saturated heterocycles. The summed E-state index contributed by atoms with van der Waals surface area (Å²) in [5.74, 6) is 0.250. The predicted molar refractivity (Wildman–Crippen MR) is 125 cm³/mol. The molecule has 1 fully saturated rings. The number of benzene rings is 3. The second-order valence-corrected chi connectivity index (χ2v) is 8.37. The highest BCUT2D eigenvalue weighted by atomic mass is 35.5. The van der Waals surface area contributed by atoms with Gasteiger partial charge in [-0.1, -0.05) is 66.7 Å². The summed E-state index contributed by atoms with van der Waals surface area (Å²) >= 11 is 0. The molecule has 2 aliphatic heterocycles. The van der Waals surface area contributed by atoms with Crippen LogP contribution in [0.25, 0.3) is 10.8 Å². The Morgan fingerprint density at radius 3 is 2.47 bits per heavy atom. The summed E-state index contributed by atoms with van der Waals surface area (Å²) in [6.07, 6.45) is 3.98. The highest BCUT2D eigenvalue weighted by Gasteiger charge is 2.32. The van der Waals surface area contributed by atoms with E-state index in [1.165, 1.54) is 34.7 Å². The molecular weight excluding hydrogens is 392 g/mol. The van der Waals surface area contributed by atoms with Crippen molar-refractivity contribution in [3.63, 3.8) is 0 Å². The lowest BCUT2D eigenvalue weighted by molar-refractivity contribution is -0.133. The molecule has 0 N–H and O–H groups in total. The fraction of sp³-hybridized carbons (Fsp3) is 0.346. The van der Waals surface area contributed by atoms with Gasteiger partial charge in [0, 0.05) is 13.1 Å². The average Bonchev–Trinajstić information content (AvgIpc) is 3.27. The van der Waals surface area contributed by atoms with Gasteiger partial charge in [-0.2, -0.15) is 0 Å². The zero-order valence-corrected chi connectivity index (χ0v) is 18.1. The minimum atomic E-state index is 0. The maximum absolute atomic E-state index is 13.5. The third kappa shape index (κ3) is 4.10. The molecule has 2 heterocycles. The van der Waals surface area contributed by atoms with Gasteiger partial charge in [0.25, 0.3) is 0 Å². The largest absolute Gasteiger partial charge is 0.334 e. The number of halogens is 1. The van der Waals surface area contributed by atoms with E-state index >= 15 is 0 Å². The lowest BCUT2D eigenvalue weighted by Gasteiger charge is -2.39. The molecule has 5 rings (SSSR count). The SMILES string of the molecule is Cl.O=C(Cc1cccc2ccccc12)N1CCc2ccccc2C1CN1CCCC1. The van der Waals surface area contributed by atoms with Crippen LogP contribution in [0.1, 0.15) is 35.6 Å². The summed E-state index contributed by atoms with van der Waals surface area (Å²) in [5.41, 5.74) is 3.88. The number of hydrogen-bond donors (Lipinski definition) is 0. The lowest BCUT2D eigenvalue weighted by atomic mass is 9.91. The lowest BCUT2D eigenvalue weighted by Crippen LogP contribution is -2.45. The average molecular weight is 421 g/mol. The predicted octanol–water partition coefficient (Wildman–Crippen LogP) is 5.03. The van der Waals surface area contributed by atoms with Crippen LogP contribution in [0.3, 0.4) is 0 Å². The second-order valence-electron chi connectivity index (χ2n) is 8.37. The molecule has 1 atom stereocenters. The molecule has 0 aromatic heterocycles. The van der Waals surface area contributed by atoms with Gasteiger partial charge in [-0.05, 0) is 59.8 Å². The Morgan fingerprint density at radius 1 is 0.867 bits per heavy atom. The summed E-state index contributed by atoms with van der Waals surface area (Å²) in [6, 6.07) is 23.5. The number of rotatable bonds is 4. The minimum absolute atomic E-state index is 0. The summed E-state index contributed by atoms with van der Waals surface area (Å²) in [6.45, 7) is 4.09. The van der Waals surface area contributed by atoms with Crippen molar-refractivity contribution in [2.45, 2.75) is 31.7 Å². The standard InChI is InChI=1S/C26H28N2O.ClH/c29-26(18-22-11-7-10-20-8-1-3-12-23(20)22)28-17-14-21-9-2-4-13-24(21)25(28)19-27-15-5-6-16-27;/h1-4,7-13,25H,5-6,14-19H2;1H. The van der Waals surface area contributed by atoms with Crippen molar-refractivity contribution in [3.05, 3.63) is 83.4 Å². The van der Waals surface area contributed by atoms with Gasteiger partial charge < -0.3 is 9.80 Å². The Bertz CT molecular complexity index is 1020. The van der Waals surface area contributed by atoms with Crippen LogP contribution in [-0.4, -0.2) is 41.9 Å². The molecule has 156 valence electrons. The first-order valence-corrected chi connectivity index (χ1v) is 10.9. The Balaban J connectivity index is 0.00000218. The van der Waals surface area contributed by atoms with Crippen molar-refractivity contribution < 1.29 is 4.79 Å². The van der Waals surface area contributed by atoms with Crippen molar-refractivity contribution in [1.29, 1.82) is 0 Å². The topological polar surface area (TPSA) is 23.6 Å². The van der Waals surface area contributed by atoms with E-state index in [0.29, 0.717) is 6.42 Å². The maximum atomic E-state index is 13.5. The molecule has 0 bridgehead atoms. The van der Waals surface area contributed by atoms with Crippen LogP contribution >= 0.6 is 12.4 Å². The molecule has 1 unspecified atom stereocenters. The smallest absolute Gasteiger partial charge is 0.227 e. The first-order valence-electron chi connectivity index (χ1n) is 10.9. The third-order valence-corrected chi connectivity index (χ3v) is 6.58.